The molecule has 1 heterocycles. The maximum atomic E-state index is 11.8. The highest BCUT2D eigenvalue weighted by Gasteiger charge is 2.32. The van der Waals surface area contributed by atoms with Gasteiger partial charge in [0, 0.05) is 46.3 Å². The van der Waals surface area contributed by atoms with E-state index in [1.165, 1.54) is 0 Å². The Bertz CT molecular complexity index is 251. The number of hydrogen-bond acceptors (Lipinski definition) is 4. The number of ether oxygens (including phenoxy) is 2. The quantitative estimate of drug-likeness (QED) is 0.687. The van der Waals surface area contributed by atoms with Crippen LogP contribution in [0.1, 0.15) is 32.6 Å². The first-order chi connectivity index (χ1) is 8.57. The average molecular weight is 259 g/mol. The third-order valence-electron chi connectivity index (χ3n) is 3.19. The monoisotopic (exact) mass is 259 g/mol. The van der Waals surface area contributed by atoms with E-state index in [0.717, 1.165) is 6.42 Å². The molecule has 5 nitrogen and oxygen atoms in total. The third kappa shape index (κ3) is 5.33. The van der Waals surface area contributed by atoms with Crippen molar-refractivity contribution in [2.75, 3.05) is 40.0 Å². The Hall–Kier alpha value is -0.650. The lowest BCUT2D eigenvalue weighted by Crippen LogP contribution is -2.47. The van der Waals surface area contributed by atoms with Crippen LogP contribution in [0.15, 0.2) is 0 Å². The lowest BCUT2D eigenvalue weighted by molar-refractivity contribution is -0.137. The summed E-state index contributed by atoms with van der Waals surface area (Å²) in [5.41, 5.74) is -0.785. The molecule has 0 unspecified atom stereocenters. The minimum Gasteiger partial charge on any atom is -0.388 e. The van der Waals surface area contributed by atoms with Crippen molar-refractivity contribution in [1.82, 2.24) is 4.90 Å². The SMILES string of the molecule is CCCOCCC(=O)N(C)CC1(O)CCOCC1. The third-order valence-corrected chi connectivity index (χ3v) is 3.19. The zero-order valence-corrected chi connectivity index (χ0v) is 11.5. The second-order valence-corrected chi connectivity index (χ2v) is 4.95. The molecule has 0 aromatic heterocycles. The van der Waals surface area contributed by atoms with Gasteiger partial charge in [-0.05, 0) is 6.42 Å². The summed E-state index contributed by atoms with van der Waals surface area (Å²) in [5, 5.41) is 10.3. The van der Waals surface area contributed by atoms with E-state index in [4.69, 9.17) is 9.47 Å². The molecule has 1 N–H and O–H groups in total. The van der Waals surface area contributed by atoms with Crippen LogP contribution in [0.3, 0.4) is 0 Å². The van der Waals surface area contributed by atoms with Crippen molar-refractivity contribution in [3.05, 3.63) is 0 Å². The number of rotatable bonds is 7. The second-order valence-electron chi connectivity index (χ2n) is 4.95. The summed E-state index contributed by atoms with van der Waals surface area (Å²) in [6.45, 7) is 4.70. The summed E-state index contributed by atoms with van der Waals surface area (Å²) in [7, 11) is 1.73. The highest BCUT2D eigenvalue weighted by Crippen LogP contribution is 2.21. The van der Waals surface area contributed by atoms with E-state index in [1.54, 1.807) is 11.9 Å². The van der Waals surface area contributed by atoms with Gasteiger partial charge in [0.1, 0.15) is 0 Å². The Morgan fingerprint density at radius 2 is 2.06 bits per heavy atom. The van der Waals surface area contributed by atoms with Gasteiger partial charge in [-0.2, -0.15) is 0 Å². The first-order valence-electron chi connectivity index (χ1n) is 6.69. The van der Waals surface area contributed by atoms with E-state index in [-0.39, 0.29) is 5.91 Å². The van der Waals surface area contributed by atoms with Crippen LogP contribution in [0.25, 0.3) is 0 Å². The van der Waals surface area contributed by atoms with Crippen LogP contribution in [0.2, 0.25) is 0 Å². The van der Waals surface area contributed by atoms with E-state index in [1.807, 2.05) is 6.92 Å². The van der Waals surface area contributed by atoms with Crippen molar-refractivity contribution in [1.29, 1.82) is 0 Å². The van der Waals surface area contributed by atoms with Crippen LogP contribution >= 0.6 is 0 Å². The summed E-state index contributed by atoms with van der Waals surface area (Å²) in [6.07, 6.45) is 2.53. The van der Waals surface area contributed by atoms with Crippen LogP contribution in [0, 0.1) is 0 Å². The summed E-state index contributed by atoms with van der Waals surface area (Å²) in [6, 6.07) is 0. The molecule has 0 aromatic rings. The van der Waals surface area contributed by atoms with Crippen LogP contribution in [0.4, 0.5) is 0 Å². The number of likely N-dealkylation sites (N-methyl/N-ethyl adjacent to an activating group) is 1. The normalized spacial score (nSPS) is 18.6. The van der Waals surface area contributed by atoms with Crippen molar-refractivity contribution in [2.45, 2.75) is 38.2 Å². The number of amides is 1. The summed E-state index contributed by atoms with van der Waals surface area (Å²) >= 11 is 0. The Morgan fingerprint density at radius 3 is 2.67 bits per heavy atom. The van der Waals surface area contributed by atoms with Crippen LogP contribution in [-0.4, -0.2) is 61.5 Å². The fraction of sp³-hybridized carbons (Fsp3) is 0.923. The molecule has 1 fully saturated rings. The number of aliphatic hydroxyl groups is 1. The zero-order chi connectivity index (χ0) is 13.4. The summed E-state index contributed by atoms with van der Waals surface area (Å²) in [4.78, 5) is 13.4. The van der Waals surface area contributed by atoms with Gasteiger partial charge in [0.15, 0.2) is 0 Å². The largest absolute Gasteiger partial charge is 0.388 e. The highest BCUT2D eigenvalue weighted by molar-refractivity contribution is 5.76. The summed E-state index contributed by atoms with van der Waals surface area (Å²) < 4.78 is 10.5. The molecule has 1 amide bonds. The van der Waals surface area contributed by atoms with Gasteiger partial charge < -0.3 is 19.5 Å². The molecule has 1 aliphatic heterocycles. The maximum Gasteiger partial charge on any atom is 0.224 e. The van der Waals surface area contributed by atoms with Crippen LogP contribution < -0.4 is 0 Å². The van der Waals surface area contributed by atoms with Gasteiger partial charge in [-0.25, -0.2) is 0 Å². The molecular weight excluding hydrogens is 234 g/mol. The molecule has 0 spiro atoms. The lowest BCUT2D eigenvalue weighted by Gasteiger charge is -2.35. The van der Waals surface area contributed by atoms with Gasteiger partial charge in [-0.1, -0.05) is 6.92 Å². The predicted molar refractivity (Wildman–Crippen MR) is 68.4 cm³/mol. The van der Waals surface area contributed by atoms with E-state index < -0.39 is 5.60 Å². The topological polar surface area (TPSA) is 59.0 Å². The molecule has 0 saturated carbocycles. The smallest absolute Gasteiger partial charge is 0.224 e. The Labute approximate surface area is 109 Å². The van der Waals surface area contributed by atoms with E-state index in [2.05, 4.69) is 0 Å². The number of carbonyl (C=O) groups excluding carboxylic acids is 1. The molecule has 5 heteroatoms. The highest BCUT2D eigenvalue weighted by atomic mass is 16.5. The fourth-order valence-electron chi connectivity index (χ4n) is 2.04. The minimum atomic E-state index is -0.785. The molecule has 0 radical (unpaired) electrons. The fourth-order valence-corrected chi connectivity index (χ4v) is 2.04. The van der Waals surface area contributed by atoms with Gasteiger partial charge in [-0.3, -0.25) is 4.79 Å². The van der Waals surface area contributed by atoms with Crippen molar-refractivity contribution >= 4 is 5.91 Å². The van der Waals surface area contributed by atoms with Crippen molar-refractivity contribution < 1.29 is 19.4 Å². The van der Waals surface area contributed by atoms with Gasteiger partial charge in [0.05, 0.1) is 18.6 Å². The molecular formula is C13H25NO4. The number of carbonyl (C=O) groups is 1. The van der Waals surface area contributed by atoms with Crippen molar-refractivity contribution in [2.24, 2.45) is 0 Å². The molecule has 1 rings (SSSR count). The predicted octanol–water partition coefficient (Wildman–Crippen LogP) is 0.803. The van der Waals surface area contributed by atoms with E-state index >= 15 is 0 Å². The number of hydrogen-bond donors (Lipinski definition) is 1. The number of nitrogens with zero attached hydrogens (tertiary/aromatic N) is 1. The molecule has 1 saturated heterocycles. The first-order valence-corrected chi connectivity index (χ1v) is 6.69. The molecule has 0 bridgehead atoms. The minimum absolute atomic E-state index is 0.0195. The van der Waals surface area contributed by atoms with Crippen LogP contribution in [0.5, 0.6) is 0 Å². The van der Waals surface area contributed by atoms with E-state index in [0.29, 0.717) is 52.2 Å². The molecule has 18 heavy (non-hydrogen) atoms. The Morgan fingerprint density at radius 1 is 1.39 bits per heavy atom. The van der Waals surface area contributed by atoms with E-state index in [9.17, 15) is 9.90 Å². The molecule has 106 valence electrons. The van der Waals surface area contributed by atoms with Crippen molar-refractivity contribution in [3.63, 3.8) is 0 Å². The molecule has 1 aliphatic rings. The second kappa shape index (κ2) is 7.71. The molecule has 0 aromatic carbocycles. The lowest BCUT2D eigenvalue weighted by atomic mass is 9.94. The average Bonchev–Trinajstić information content (AvgIpc) is 2.34. The maximum absolute atomic E-state index is 11.8. The Kier molecular flexibility index (Phi) is 6.60. The van der Waals surface area contributed by atoms with Crippen LogP contribution in [-0.2, 0) is 14.3 Å². The van der Waals surface area contributed by atoms with Gasteiger partial charge >= 0.3 is 0 Å². The standard InChI is InChI=1S/C13H25NO4/c1-3-7-17-8-4-12(15)14(2)11-13(16)5-9-18-10-6-13/h16H,3-11H2,1-2H3. The summed E-state index contributed by atoms with van der Waals surface area (Å²) in [5.74, 6) is 0.0195. The molecule has 0 aliphatic carbocycles. The Balaban J connectivity index is 2.25. The van der Waals surface area contributed by atoms with Gasteiger partial charge in [-0.15, -0.1) is 0 Å². The van der Waals surface area contributed by atoms with Gasteiger partial charge in [0.25, 0.3) is 0 Å². The van der Waals surface area contributed by atoms with Crippen molar-refractivity contribution in [3.8, 4) is 0 Å². The zero-order valence-electron chi connectivity index (χ0n) is 11.5. The molecule has 0 atom stereocenters. The van der Waals surface area contributed by atoms with Gasteiger partial charge in [0.2, 0.25) is 5.91 Å². The first kappa shape index (κ1) is 15.4.